The Morgan fingerprint density at radius 2 is 1.67 bits per heavy atom. The van der Waals surface area contributed by atoms with Crippen molar-refractivity contribution in [3.05, 3.63) is 0 Å². The lowest BCUT2D eigenvalue weighted by atomic mass is 9.81. The highest BCUT2D eigenvalue weighted by atomic mass is 16.1. The monoisotopic (exact) mass is 256 g/mol. The van der Waals surface area contributed by atoms with Gasteiger partial charge in [-0.25, -0.2) is 0 Å². The SMILES string of the molecule is CC(CNC(=O)C(CN)CC(C)(C)C)C(C)(C)C. The molecule has 0 heterocycles. The molecule has 2 unspecified atom stereocenters. The van der Waals surface area contributed by atoms with Crippen LogP contribution >= 0.6 is 0 Å². The van der Waals surface area contributed by atoms with Gasteiger partial charge in [0, 0.05) is 13.1 Å². The molecule has 0 spiro atoms. The lowest BCUT2D eigenvalue weighted by Gasteiger charge is -2.29. The smallest absolute Gasteiger partial charge is 0.224 e. The summed E-state index contributed by atoms with van der Waals surface area (Å²) >= 11 is 0. The molecule has 3 heteroatoms. The second-order valence-electron chi connectivity index (χ2n) is 7.71. The molecule has 0 aromatic rings. The van der Waals surface area contributed by atoms with Crippen molar-refractivity contribution in [2.24, 2.45) is 28.4 Å². The first-order valence-electron chi connectivity index (χ1n) is 6.95. The zero-order valence-corrected chi connectivity index (χ0v) is 13.3. The number of rotatable bonds is 5. The normalized spacial score (nSPS) is 16.2. The molecule has 18 heavy (non-hydrogen) atoms. The molecule has 0 aliphatic heterocycles. The fourth-order valence-corrected chi connectivity index (χ4v) is 1.73. The number of carbonyl (C=O) groups is 1. The average molecular weight is 256 g/mol. The van der Waals surface area contributed by atoms with E-state index in [9.17, 15) is 4.79 Å². The van der Waals surface area contributed by atoms with Crippen LogP contribution in [0, 0.1) is 22.7 Å². The van der Waals surface area contributed by atoms with Crippen LogP contribution in [0.15, 0.2) is 0 Å². The van der Waals surface area contributed by atoms with Crippen molar-refractivity contribution >= 4 is 5.91 Å². The van der Waals surface area contributed by atoms with Gasteiger partial charge in [-0.15, -0.1) is 0 Å². The molecule has 0 bridgehead atoms. The van der Waals surface area contributed by atoms with Gasteiger partial charge in [-0.2, -0.15) is 0 Å². The van der Waals surface area contributed by atoms with Gasteiger partial charge in [0.15, 0.2) is 0 Å². The summed E-state index contributed by atoms with van der Waals surface area (Å²) in [5.74, 6) is 0.482. The van der Waals surface area contributed by atoms with E-state index < -0.39 is 0 Å². The Hall–Kier alpha value is -0.570. The van der Waals surface area contributed by atoms with Crippen molar-refractivity contribution in [3.8, 4) is 0 Å². The van der Waals surface area contributed by atoms with Gasteiger partial charge in [-0.05, 0) is 23.2 Å². The van der Waals surface area contributed by atoms with E-state index in [1.165, 1.54) is 0 Å². The molecule has 3 N–H and O–H groups in total. The molecule has 0 radical (unpaired) electrons. The summed E-state index contributed by atoms with van der Waals surface area (Å²) in [5.41, 5.74) is 6.07. The Morgan fingerprint density at radius 3 is 2.00 bits per heavy atom. The van der Waals surface area contributed by atoms with Gasteiger partial charge in [0.1, 0.15) is 0 Å². The minimum atomic E-state index is -0.0721. The molecule has 0 aliphatic rings. The zero-order valence-electron chi connectivity index (χ0n) is 13.3. The maximum atomic E-state index is 12.1. The number of nitrogens with two attached hydrogens (primary N) is 1. The van der Waals surface area contributed by atoms with E-state index in [0.29, 0.717) is 12.5 Å². The third-order valence-corrected chi connectivity index (χ3v) is 3.57. The van der Waals surface area contributed by atoms with E-state index in [1.54, 1.807) is 0 Å². The van der Waals surface area contributed by atoms with E-state index in [4.69, 9.17) is 5.73 Å². The summed E-state index contributed by atoms with van der Waals surface area (Å²) in [5, 5.41) is 3.04. The predicted octanol–water partition coefficient (Wildman–Crippen LogP) is 2.80. The van der Waals surface area contributed by atoms with Crippen LogP contribution in [0.1, 0.15) is 54.9 Å². The van der Waals surface area contributed by atoms with E-state index in [2.05, 4.69) is 53.8 Å². The van der Waals surface area contributed by atoms with Crippen molar-refractivity contribution < 1.29 is 4.79 Å². The average Bonchev–Trinajstić information content (AvgIpc) is 2.19. The Morgan fingerprint density at radius 1 is 1.17 bits per heavy atom. The number of amides is 1. The molecule has 0 aliphatic carbocycles. The Labute approximate surface area is 113 Å². The Balaban J connectivity index is 4.30. The first-order chi connectivity index (χ1) is 7.97. The highest BCUT2D eigenvalue weighted by molar-refractivity contribution is 5.78. The summed E-state index contributed by atoms with van der Waals surface area (Å²) < 4.78 is 0. The molecule has 0 fully saturated rings. The molecule has 0 aromatic heterocycles. The Bertz CT molecular complexity index is 261. The van der Waals surface area contributed by atoms with E-state index in [0.717, 1.165) is 13.0 Å². The molecule has 2 atom stereocenters. The largest absolute Gasteiger partial charge is 0.356 e. The van der Waals surface area contributed by atoms with Crippen molar-refractivity contribution in [2.45, 2.75) is 54.9 Å². The van der Waals surface area contributed by atoms with Gasteiger partial charge in [0.05, 0.1) is 5.92 Å². The van der Waals surface area contributed by atoms with Crippen molar-refractivity contribution in [1.29, 1.82) is 0 Å². The lowest BCUT2D eigenvalue weighted by Crippen LogP contribution is -2.40. The standard InChI is InChI=1S/C15H32N2O/c1-11(15(5,6)7)10-17-13(18)12(9-16)8-14(2,3)4/h11-12H,8-10,16H2,1-7H3,(H,17,18). The third kappa shape index (κ3) is 7.00. The van der Waals surface area contributed by atoms with E-state index in [1.807, 2.05) is 0 Å². The molecule has 0 aromatic carbocycles. The number of hydrogen-bond donors (Lipinski definition) is 2. The fourth-order valence-electron chi connectivity index (χ4n) is 1.73. The summed E-state index contributed by atoms with van der Waals surface area (Å²) in [6.07, 6.45) is 0.833. The maximum Gasteiger partial charge on any atom is 0.224 e. The first kappa shape index (κ1) is 17.4. The van der Waals surface area contributed by atoms with Crippen molar-refractivity contribution in [2.75, 3.05) is 13.1 Å². The van der Waals surface area contributed by atoms with Gasteiger partial charge in [0.2, 0.25) is 5.91 Å². The van der Waals surface area contributed by atoms with Crippen LogP contribution in [-0.4, -0.2) is 19.0 Å². The van der Waals surface area contributed by atoms with Gasteiger partial charge < -0.3 is 11.1 Å². The topological polar surface area (TPSA) is 55.1 Å². The highest BCUT2D eigenvalue weighted by Crippen LogP contribution is 2.26. The van der Waals surface area contributed by atoms with Crippen molar-refractivity contribution in [1.82, 2.24) is 5.32 Å². The second-order valence-corrected chi connectivity index (χ2v) is 7.71. The predicted molar refractivity (Wildman–Crippen MR) is 78.2 cm³/mol. The van der Waals surface area contributed by atoms with E-state index >= 15 is 0 Å². The summed E-state index contributed by atoms with van der Waals surface area (Å²) in [6.45, 7) is 16.3. The van der Waals surface area contributed by atoms with Crippen LogP contribution in [0.25, 0.3) is 0 Å². The molecule has 3 nitrogen and oxygen atoms in total. The van der Waals surface area contributed by atoms with Crippen LogP contribution in [0.5, 0.6) is 0 Å². The lowest BCUT2D eigenvalue weighted by molar-refractivity contribution is -0.125. The molecule has 0 saturated heterocycles. The van der Waals surface area contributed by atoms with Gasteiger partial charge in [0.25, 0.3) is 0 Å². The molecular formula is C15H32N2O. The molecule has 0 rings (SSSR count). The fraction of sp³-hybridized carbons (Fsp3) is 0.933. The summed E-state index contributed by atoms with van der Waals surface area (Å²) in [4.78, 5) is 12.1. The minimum Gasteiger partial charge on any atom is -0.356 e. The maximum absolute atomic E-state index is 12.1. The number of hydrogen-bond acceptors (Lipinski definition) is 2. The minimum absolute atomic E-state index is 0.0721. The first-order valence-corrected chi connectivity index (χ1v) is 6.95. The molecule has 108 valence electrons. The second kappa shape index (κ2) is 6.55. The Kier molecular flexibility index (Phi) is 6.35. The molecule has 1 amide bonds. The molecule has 0 saturated carbocycles. The van der Waals surface area contributed by atoms with Crippen LogP contribution in [0.3, 0.4) is 0 Å². The van der Waals surface area contributed by atoms with Crippen LogP contribution in [0.2, 0.25) is 0 Å². The van der Waals surface area contributed by atoms with Crippen LogP contribution in [-0.2, 0) is 4.79 Å². The van der Waals surface area contributed by atoms with Gasteiger partial charge in [-0.1, -0.05) is 48.5 Å². The zero-order chi connectivity index (χ0) is 14.6. The van der Waals surface area contributed by atoms with Crippen LogP contribution in [0.4, 0.5) is 0 Å². The van der Waals surface area contributed by atoms with E-state index in [-0.39, 0.29) is 22.7 Å². The molecular weight excluding hydrogens is 224 g/mol. The van der Waals surface area contributed by atoms with Gasteiger partial charge in [-0.3, -0.25) is 4.79 Å². The third-order valence-electron chi connectivity index (χ3n) is 3.57. The highest BCUT2D eigenvalue weighted by Gasteiger charge is 2.25. The number of nitrogens with one attached hydrogen (secondary N) is 1. The van der Waals surface area contributed by atoms with Crippen molar-refractivity contribution in [3.63, 3.8) is 0 Å². The summed E-state index contributed by atoms with van der Waals surface area (Å²) in [6, 6.07) is 0. The quantitative estimate of drug-likeness (QED) is 0.794. The van der Waals surface area contributed by atoms with Gasteiger partial charge >= 0.3 is 0 Å². The van der Waals surface area contributed by atoms with Crippen LogP contribution < -0.4 is 11.1 Å². The number of carbonyl (C=O) groups excluding carboxylic acids is 1. The summed E-state index contributed by atoms with van der Waals surface area (Å²) in [7, 11) is 0.